The Morgan fingerprint density at radius 2 is 1.83 bits per heavy atom. The summed E-state index contributed by atoms with van der Waals surface area (Å²) in [5.74, 6) is 0.334. The molecule has 0 fully saturated rings. The molecule has 0 bridgehead atoms. The molecule has 3 N–H and O–H groups in total. The van der Waals surface area contributed by atoms with Crippen LogP contribution in [0.15, 0.2) is 24.3 Å². The van der Waals surface area contributed by atoms with Gasteiger partial charge in [-0.25, -0.2) is 0 Å². The van der Waals surface area contributed by atoms with Crippen molar-refractivity contribution < 1.29 is 14.3 Å². The van der Waals surface area contributed by atoms with Gasteiger partial charge in [-0.1, -0.05) is 26.0 Å². The molecule has 0 saturated carbocycles. The largest absolute Gasteiger partial charge is 0.497 e. The molecule has 1 aromatic carbocycles. The van der Waals surface area contributed by atoms with Crippen molar-refractivity contribution in [2.45, 2.75) is 26.4 Å². The molecule has 0 heterocycles. The van der Waals surface area contributed by atoms with Gasteiger partial charge in [-0.05, 0) is 23.6 Å². The maximum absolute atomic E-state index is 12.0. The monoisotopic (exact) mass is 343 g/mol. The van der Waals surface area contributed by atoms with Gasteiger partial charge >= 0.3 is 0 Å². The highest BCUT2D eigenvalue weighted by Crippen LogP contribution is 2.12. The molecule has 6 nitrogen and oxygen atoms in total. The van der Waals surface area contributed by atoms with Crippen molar-refractivity contribution in [3.63, 3.8) is 0 Å². The Kier molecular flexibility index (Phi) is 9.29. The van der Waals surface area contributed by atoms with Gasteiger partial charge in [0.05, 0.1) is 19.7 Å². The van der Waals surface area contributed by atoms with Crippen LogP contribution in [0.1, 0.15) is 19.4 Å². The molecule has 0 aliphatic rings. The third-order valence-corrected chi connectivity index (χ3v) is 3.44. The van der Waals surface area contributed by atoms with Gasteiger partial charge in [-0.2, -0.15) is 0 Å². The van der Waals surface area contributed by atoms with E-state index in [4.69, 9.17) is 10.5 Å². The van der Waals surface area contributed by atoms with Gasteiger partial charge in [0.1, 0.15) is 5.75 Å². The minimum absolute atomic E-state index is 0. The Morgan fingerprint density at radius 1 is 1.26 bits per heavy atom. The van der Waals surface area contributed by atoms with Crippen LogP contribution in [0.5, 0.6) is 5.75 Å². The first kappa shape index (κ1) is 21.2. The number of methoxy groups -OCH3 is 1. The highest BCUT2D eigenvalue weighted by Gasteiger charge is 2.18. The molecule has 23 heavy (non-hydrogen) atoms. The van der Waals surface area contributed by atoms with Crippen molar-refractivity contribution in [2.75, 3.05) is 20.7 Å². The number of carbonyl (C=O) groups is 2. The van der Waals surface area contributed by atoms with Gasteiger partial charge < -0.3 is 20.7 Å². The molecular weight excluding hydrogens is 318 g/mol. The van der Waals surface area contributed by atoms with Crippen LogP contribution in [-0.4, -0.2) is 43.5 Å². The van der Waals surface area contributed by atoms with Gasteiger partial charge in [-0.3, -0.25) is 9.59 Å². The number of halogens is 1. The lowest BCUT2D eigenvalue weighted by molar-refractivity contribution is -0.132. The Balaban J connectivity index is 0.00000484. The van der Waals surface area contributed by atoms with E-state index in [1.165, 1.54) is 0 Å². The van der Waals surface area contributed by atoms with Crippen LogP contribution in [-0.2, 0) is 16.1 Å². The van der Waals surface area contributed by atoms with Gasteiger partial charge in [0.2, 0.25) is 11.8 Å². The number of rotatable bonds is 7. The van der Waals surface area contributed by atoms with E-state index in [1.807, 2.05) is 38.1 Å². The molecule has 0 aliphatic heterocycles. The second-order valence-electron chi connectivity index (χ2n) is 5.59. The molecule has 0 aromatic heterocycles. The minimum Gasteiger partial charge on any atom is -0.497 e. The Labute approximate surface area is 143 Å². The van der Waals surface area contributed by atoms with E-state index in [9.17, 15) is 9.59 Å². The fourth-order valence-corrected chi connectivity index (χ4v) is 1.81. The molecule has 7 heteroatoms. The Bertz CT molecular complexity index is 506. The van der Waals surface area contributed by atoms with Gasteiger partial charge in [0, 0.05) is 13.6 Å². The molecule has 1 aromatic rings. The normalized spacial score (nSPS) is 11.4. The highest BCUT2D eigenvalue weighted by atomic mass is 35.5. The smallest absolute Gasteiger partial charge is 0.242 e. The second-order valence-corrected chi connectivity index (χ2v) is 5.59. The number of nitrogens with two attached hydrogens (primary N) is 1. The number of hydrogen-bond acceptors (Lipinski definition) is 4. The molecule has 130 valence electrons. The summed E-state index contributed by atoms with van der Waals surface area (Å²) in [5, 5.41) is 2.57. The number of ether oxygens (including phenoxy) is 1. The van der Waals surface area contributed by atoms with E-state index in [0.29, 0.717) is 6.54 Å². The first-order chi connectivity index (χ1) is 10.3. The van der Waals surface area contributed by atoms with Crippen LogP contribution in [0, 0.1) is 5.92 Å². The maximum atomic E-state index is 12.0. The SMILES string of the molecule is COc1ccc(CN(C)C(=O)CNC(=O)[C@@H](N)C(C)C)cc1.Cl. The molecule has 2 amide bonds. The third kappa shape index (κ3) is 6.88. The molecule has 0 saturated heterocycles. The standard InChI is InChI=1S/C16H25N3O3.ClH/c1-11(2)15(17)16(21)18-9-14(20)19(3)10-12-5-7-13(22-4)8-6-12;/h5-8,11,15H,9-10,17H2,1-4H3,(H,18,21);1H/t15-;/m0./s1. The number of likely N-dealkylation sites (N-methyl/N-ethyl adjacent to an activating group) is 1. The molecule has 1 atom stereocenters. The van der Waals surface area contributed by atoms with Crippen LogP contribution < -0.4 is 15.8 Å². The Morgan fingerprint density at radius 3 is 2.30 bits per heavy atom. The number of benzene rings is 1. The number of carbonyl (C=O) groups excluding carboxylic acids is 2. The molecule has 0 radical (unpaired) electrons. The van der Waals surface area contributed by atoms with Crippen LogP contribution >= 0.6 is 12.4 Å². The number of amides is 2. The lowest BCUT2D eigenvalue weighted by Crippen LogP contribution is -2.47. The van der Waals surface area contributed by atoms with Crippen molar-refractivity contribution in [3.05, 3.63) is 29.8 Å². The van der Waals surface area contributed by atoms with Gasteiger partial charge in [0.15, 0.2) is 0 Å². The first-order valence-corrected chi connectivity index (χ1v) is 7.25. The summed E-state index contributed by atoms with van der Waals surface area (Å²) in [5.41, 5.74) is 6.71. The predicted octanol–water partition coefficient (Wildman–Crippen LogP) is 1.17. The second kappa shape index (κ2) is 10.1. The molecular formula is C16H26ClN3O3. The van der Waals surface area contributed by atoms with Crippen LogP contribution in [0.3, 0.4) is 0 Å². The summed E-state index contributed by atoms with van der Waals surface area (Å²) in [7, 11) is 3.30. The Hall–Kier alpha value is -1.79. The average Bonchev–Trinajstić information content (AvgIpc) is 2.51. The van der Waals surface area contributed by atoms with Crippen LogP contribution in [0.4, 0.5) is 0 Å². The first-order valence-electron chi connectivity index (χ1n) is 7.25. The minimum atomic E-state index is -0.598. The maximum Gasteiger partial charge on any atom is 0.242 e. The van der Waals surface area contributed by atoms with E-state index < -0.39 is 6.04 Å². The van der Waals surface area contributed by atoms with Crippen molar-refractivity contribution >= 4 is 24.2 Å². The molecule has 0 aliphatic carbocycles. The van der Waals surface area contributed by atoms with Crippen molar-refractivity contribution in [1.29, 1.82) is 0 Å². The fraction of sp³-hybridized carbons (Fsp3) is 0.500. The zero-order chi connectivity index (χ0) is 16.7. The summed E-state index contributed by atoms with van der Waals surface area (Å²) >= 11 is 0. The van der Waals surface area contributed by atoms with E-state index in [2.05, 4.69) is 5.32 Å². The molecule has 1 rings (SSSR count). The van der Waals surface area contributed by atoms with E-state index in [-0.39, 0.29) is 36.7 Å². The van der Waals surface area contributed by atoms with Gasteiger partial charge in [0.25, 0.3) is 0 Å². The van der Waals surface area contributed by atoms with Crippen molar-refractivity contribution in [2.24, 2.45) is 11.7 Å². The van der Waals surface area contributed by atoms with Crippen molar-refractivity contribution in [1.82, 2.24) is 10.2 Å². The zero-order valence-electron chi connectivity index (χ0n) is 14.0. The topological polar surface area (TPSA) is 84.7 Å². The van der Waals surface area contributed by atoms with Crippen LogP contribution in [0.25, 0.3) is 0 Å². The number of hydrogen-bond donors (Lipinski definition) is 2. The quantitative estimate of drug-likeness (QED) is 0.778. The summed E-state index contributed by atoms with van der Waals surface area (Å²) in [6, 6.07) is 6.89. The van der Waals surface area contributed by atoms with Crippen LogP contribution in [0.2, 0.25) is 0 Å². The molecule has 0 unspecified atom stereocenters. The highest BCUT2D eigenvalue weighted by molar-refractivity contribution is 5.87. The third-order valence-electron chi connectivity index (χ3n) is 3.44. The summed E-state index contributed by atoms with van der Waals surface area (Å²) in [6.07, 6.45) is 0. The lowest BCUT2D eigenvalue weighted by atomic mass is 10.1. The fourth-order valence-electron chi connectivity index (χ4n) is 1.81. The molecule has 0 spiro atoms. The number of nitrogens with zero attached hydrogens (tertiary/aromatic N) is 1. The summed E-state index contributed by atoms with van der Waals surface area (Å²) in [6.45, 7) is 4.14. The van der Waals surface area contributed by atoms with E-state index in [1.54, 1.807) is 19.1 Å². The van der Waals surface area contributed by atoms with Crippen molar-refractivity contribution in [3.8, 4) is 5.75 Å². The average molecular weight is 344 g/mol. The van der Waals surface area contributed by atoms with E-state index >= 15 is 0 Å². The van der Waals surface area contributed by atoms with Gasteiger partial charge in [-0.15, -0.1) is 12.4 Å². The predicted molar refractivity (Wildman–Crippen MR) is 92.5 cm³/mol. The zero-order valence-corrected chi connectivity index (χ0v) is 14.9. The number of nitrogens with one attached hydrogen (secondary N) is 1. The lowest BCUT2D eigenvalue weighted by Gasteiger charge is -2.19. The summed E-state index contributed by atoms with van der Waals surface area (Å²) < 4.78 is 5.09. The van der Waals surface area contributed by atoms with E-state index in [0.717, 1.165) is 11.3 Å². The summed E-state index contributed by atoms with van der Waals surface area (Å²) in [4.78, 5) is 25.3.